The molecule has 0 spiro atoms. The number of nitrogens with zero attached hydrogens (tertiary/aromatic N) is 3. The lowest BCUT2D eigenvalue weighted by Crippen LogP contribution is -2.32. The van der Waals surface area contributed by atoms with E-state index in [1.807, 2.05) is 11.8 Å². The molecule has 1 aromatic rings. The fourth-order valence-corrected chi connectivity index (χ4v) is 3.63. The molecule has 2 rings (SSSR count). The quantitative estimate of drug-likeness (QED) is 0.836. The van der Waals surface area contributed by atoms with Crippen molar-refractivity contribution in [3.8, 4) is 0 Å². The summed E-state index contributed by atoms with van der Waals surface area (Å²) in [5.74, 6) is 5.47. The zero-order valence-electron chi connectivity index (χ0n) is 12.9. The fraction of sp³-hybridized carbons (Fsp3) is 0.733. The maximum absolute atomic E-state index is 4.74. The monoisotopic (exact) mass is 294 g/mol. The van der Waals surface area contributed by atoms with Crippen molar-refractivity contribution in [1.82, 2.24) is 9.97 Å². The Morgan fingerprint density at radius 3 is 2.85 bits per heavy atom. The maximum Gasteiger partial charge on any atom is 0.134 e. The third-order valence-corrected chi connectivity index (χ3v) is 4.75. The number of nitrogens with one attached hydrogen (secondary N) is 1. The number of hydrogen-bond donors (Lipinski definition) is 1. The van der Waals surface area contributed by atoms with Crippen LogP contribution in [-0.2, 0) is 6.42 Å². The Hall–Kier alpha value is -0.970. The second-order valence-electron chi connectivity index (χ2n) is 5.33. The van der Waals surface area contributed by atoms with Crippen LogP contribution in [0, 0.1) is 0 Å². The first-order valence-electron chi connectivity index (χ1n) is 7.67. The molecule has 1 atom stereocenters. The van der Waals surface area contributed by atoms with Crippen molar-refractivity contribution in [2.75, 3.05) is 35.3 Å². The van der Waals surface area contributed by atoms with Gasteiger partial charge >= 0.3 is 0 Å². The molecule has 0 saturated carbocycles. The van der Waals surface area contributed by atoms with E-state index in [0.29, 0.717) is 6.04 Å². The van der Waals surface area contributed by atoms with Gasteiger partial charge in [-0.3, -0.25) is 0 Å². The maximum atomic E-state index is 4.74. The smallest absolute Gasteiger partial charge is 0.134 e. The highest BCUT2D eigenvalue weighted by Crippen LogP contribution is 2.26. The molecule has 0 bridgehead atoms. The average molecular weight is 294 g/mol. The molecule has 1 saturated heterocycles. The molecular formula is C15H26N4S. The number of aryl methyl sites for hydroxylation is 1. The van der Waals surface area contributed by atoms with Gasteiger partial charge in [-0.2, -0.15) is 11.8 Å². The summed E-state index contributed by atoms with van der Waals surface area (Å²) in [5, 5.41) is 3.40. The standard InChI is InChI=1S/C15H26N4S/c1-4-6-13-17-14(16-8-5-2)10-15(18-13)19(3)12-7-9-20-11-12/h10,12H,4-9,11H2,1-3H3,(H,16,17,18). The van der Waals surface area contributed by atoms with Gasteiger partial charge in [0, 0.05) is 37.9 Å². The molecule has 5 heteroatoms. The van der Waals surface area contributed by atoms with Crippen LogP contribution in [0.2, 0.25) is 0 Å². The SMILES string of the molecule is CCCNc1cc(N(C)C2CCSC2)nc(CCC)n1. The van der Waals surface area contributed by atoms with Crippen LogP contribution in [-0.4, -0.2) is 41.1 Å². The van der Waals surface area contributed by atoms with Gasteiger partial charge < -0.3 is 10.2 Å². The summed E-state index contributed by atoms with van der Waals surface area (Å²) < 4.78 is 0. The summed E-state index contributed by atoms with van der Waals surface area (Å²) in [5.41, 5.74) is 0. The van der Waals surface area contributed by atoms with E-state index in [-0.39, 0.29) is 0 Å². The van der Waals surface area contributed by atoms with Crippen molar-refractivity contribution in [3.63, 3.8) is 0 Å². The largest absolute Gasteiger partial charge is 0.370 e. The van der Waals surface area contributed by atoms with Crippen molar-refractivity contribution in [2.45, 2.75) is 45.6 Å². The normalized spacial score (nSPS) is 18.2. The van der Waals surface area contributed by atoms with Gasteiger partial charge in [-0.05, 0) is 25.0 Å². The first-order valence-corrected chi connectivity index (χ1v) is 8.82. The highest BCUT2D eigenvalue weighted by molar-refractivity contribution is 7.99. The van der Waals surface area contributed by atoms with Gasteiger partial charge in [0.1, 0.15) is 17.5 Å². The highest BCUT2D eigenvalue weighted by Gasteiger charge is 2.21. The topological polar surface area (TPSA) is 41.0 Å². The predicted octanol–water partition coefficient (Wildman–Crippen LogP) is 3.19. The van der Waals surface area contributed by atoms with Gasteiger partial charge in [0.2, 0.25) is 0 Å². The van der Waals surface area contributed by atoms with Crippen molar-refractivity contribution in [1.29, 1.82) is 0 Å². The lowest BCUT2D eigenvalue weighted by atomic mass is 10.2. The van der Waals surface area contributed by atoms with Crippen LogP contribution >= 0.6 is 11.8 Å². The van der Waals surface area contributed by atoms with Gasteiger partial charge in [0.25, 0.3) is 0 Å². The van der Waals surface area contributed by atoms with Gasteiger partial charge in [-0.1, -0.05) is 13.8 Å². The number of anilines is 2. The van der Waals surface area contributed by atoms with Crippen LogP contribution in [0.25, 0.3) is 0 Å². The van der Waals surface area contributed by atoms with E-state index in [1.54, 1.807) is 0 Å². The van der Waals surface area contributed by atoms with E-state index in [1.165, 1.54) is 17.9 Å². The summed E-state index contributed by atoms with van der Waals surface area (Å²) in [4.78, 5) is 11.7. The molecule has 4 nitrogen and oxygen atoms in total. The van der Waals surface area contributed by atoms with Gasteiger partial charge in [-0.15, -0.1) is 0 Å². The van der Waals surface area contributed by atoms with E-state index in [0.717, 1.165) is 43.3 Å². The Balaban J connectivity index is 2.18. The molecule has 112 valence electrons. The van der Waals surface area contributed by atoms with Crippen molar-refractivity contribution in [2.24, 2.45) is 0 Å². The van der Waals surface area contributed by atoms with Crippen LogP contribution in [0.4, 0.5) is 11.6 Å². The second-order valence-corrected chi connectivity index (χ2v) is 6.48. The molecular weight excluding hydrogens is 268 g/mol. The molecule has 0 amide bonds. The van der Waals surface area contributed by atoms with Crippen molar-refractivity contribution in [3.05, 3.63) is 11.9 Å². The second kappa shape index (κ2) is 7.72. The Kier molecular flexibility index (Phi) is 5.95. The van der Waals surface area contributed by atoms with Crippen LogP contribution in [0.1, 0.15) is 38.9 Å². The molecule has 0 aromatic carbocycles. The van der Waals surface area contributed by atoms with E-state index >= 15 is 0 Å². The predicted molar refractivity (Wildman–Crippen MR) is 88.9 cm³/mol. The van der Waals surface area contributed by atoms with E-state index < -0.39 is 0 Å². The minimum atomic E-state index is 0.614. The fourth-order valence-electron chi connectivity index (χ4n) is 2.36. The highest BCUT2D eigenvalue weighted by atomic mass is 32.2. The summed E-state index contributed by atoms with van der Waals surface area (Å²) in [6.07, 6.45) is 4.39. The molecule has 0 radical (unpaired) electrons. The first kappa shape index (κ1) is 15.4. The number of thioether (sulfide) groups is 1. The van der Waals surface area contributed by atoms with Crippen LogP contribution in [0.3, 0.4) is 0 Å². The zero-order valence-corrected chi connectivity index (χ0v) is 13.7. The Morgan fingerprint density at radius 1 is 1.35 bits per heavy atom. The third-order valence-electron chi connectivity index (χ3n) is 3.60. The summed E-state index contributed by atoms with van der Waals surface area (Å²) in [6.45, 7) is 5.31. The van der Waals surface area contributed by atoms with Crippen molar-refractivity contribution < 1.29 is 0 Å². The van der Waals surface area contributed by atoms with Crippen LogP contribution in [0.5, 0.6) is 0 Å². The molecule has 1 fully saturated rings. The van der Waals surface area contributed by atoms with Crippen LogP contribution < -0.4 is 10.2 Å². The molecule has 1 aromatic heterocycles. The molecule has 1 aliphatic heterocycles. The first-order chi connectivity index (χ1) is 9.74. The molecule has 0 aliphatic carbocycles. The average Bonchev–Trinajstić information content (AvgIpc) is 2.98. The third kappa shape index (κ3) is 4.01. The lowest BCUT2D eigenvalue weighted by Gasteiger charge is -2.25. The Labute approximate surface area is 126 Å². The summed E-state index contributed by atoms with van der Waals surface area (Å²) in [7, 11) is 2.16. The van der Waals surface area contributed by atoms with Gasteiger partial charge in [0.15, 0.2) is 0 Å². The number of hydrogen-bond acceptors (Lipinski definition) is 5. The number of aromatic nitrogens is 2. The Bertz CT molecular complexity index is 418. The molecule has 1 unspecified atom stereocenters. The van der Waals surface area contributed by atoms with Gasteiger partial charge in [-0.25, -0.2) is 9.97 Å². The minimum Gasteiger partial charge on any atom is -0.370 e. The summed E-state index contributed by atoms with van der Waals surface area (Å²) in [6, 6.07) is 2.71. The van der Waals surface area contributed by atoms with Crippen molar-refractivity contribution >= 4 is 23.4 Å². The lowest BCUT2D eigenvalue weighted by molar-refractivity contribution is 0.685. The van der Waals surface area contributed by atoms with Gasteiger partial charge in [0.05, 0.1) is 0 Å². The molecule has 20 heavy (non-hydrogen) atoms. The summed E-state index contributed by atoms with van der Waals surface area (Å²) >= 11 is 2.04. The minimum absolute atomic E-state index is 0.614. The molecule has 1 N–H and O–H groups in total. The van der Waals surface area contributed by atoms with E-state index in [9.17, 15) is 0 Å². The molecule has 1 aliphatic rings. The number of rotatable bonds is 7. The van der Waals surface area contributed by atoms with E-state index in [2.05, 4.69) is 42.2 Å². The zero-order chi connectivity index (χ0) is 14.4. The molecule has 2 heterocycles. The van der Waals surface area contributed by atoms with Crippen LogP contribution in [0.15, 0.2) is 6.07 Å². The van der Waals surface area contributed by atoms with E-state index in [4.69, 9.17) is 4.98 Å². The Morgan fingerprint density at radius 2 is 2.20 bits per heavy atom.